The first kappa shape index (κ1) is 17.4. The van der Waals surface area contributed by atoms with Gasteiger partial charge >= 0.3 is 0 Å². The molecule has 1 aliphatic heterocycles. The molecule has 1 saturated heterocycles. The quantitative estimate of drug-likeness (QED) is 0.877. The number of nitrogens with one attached hydrogen (secondary N) is 1. The second-order valence-electron chi connectivity index (χ2n) is 5.79. The Balaban J connectivity index is 0.00000192. The Hall–Kier alpha value is -1.92. The van der Waals surface area contributed by atoms with Crippen molar-refractivity contribution in [2.45, 2.75) is 19.4 Å². The molecule has 0 radical (unpaired) electrons. The van der Waals surface area contributed by atoms with Gasteiger partial charge in [0.15, 0.2) is 0 Å². The largest absolute Gasteiger partial charge is 0.340 e. The molecule has 1 amide bonds. The van der Waals surface area contributed by atoms with E-state index < -0.39 is 0 Å². The van der Waals surface area contributed by atoms with E-state index >= 15 is 0 Å². The Morgan fingerprint density at radius 3 is 2.74 bits per heavy atom. The summed E-state index contributed by atoms with van der Waals surface area (Å²) < 4.78 is 1.31. The highest BCUT2D eigenvalue weighted by Gasteiger charge is 2.22. The van der Waals surface area contributed by atoms with Crippen LogP contribution in [0.3, 0.4) is 0 Å². The molecule has 0 aliphatic carbocycles. The number of amides is 1. The van der Waals surface area contributed by atoms with E-state index in [1.165, 1.54) is 4.68 Å². The van der Waals surface area contributed by atoms with Gasteiger partial charge in [0.2, 0.25) is 5.91 Å². The number of nitrogens with zero attached hydrogens (tertiary/aromatic N) is 3. The molecule has 1 aromatic heterocycles. The van der Waals surface area contributed by atoms with Crippen LogP contribution in [0.15, 0.2) is 29.1 Å². The molecular formula is C16H21ClN4O2. The fourth-order valence-electron chi connectivity index (χ4n) is 2.92. The lowest BCUT2D eigenvalue weighted by atomic mass is 10.1. The third-order valence-electron chi connectivity index (χ3n) is 4.07. The van der Waals surface area contributed by atoms with Gasteiger partial charge in [-0.15, -0.1) is 12.4 Å². The minimum Gasteiger partial charge on any atom is -0.340 e. The van der Waals surface area contributed by atoms with E-state index in [1.807, 2.05) is 23.1 Å². The maximum absolute atomic E-state index is 12.5. The summed E-state index contributed by atoms with van der Waals surface area (Å²) >= 11 is 0. The van der Waals surface area contributed by atoms with Gasteiger partial charge in [0.25, 0.3) is 5.56 Å². The third kappa shape index (κ3) is 3.54. The highest BCUT2D eigenvalue weighted by Crippen LogP contribution is 2.14. The van der Waals surface area contributed by atoms with Crippen LogP contribution in [0.5, 0.6) is 0 Å². The minimum absolute atomic E-state index is 0. The lowest BCUT2D eigenvalue weighted by Crippen LogP contribution is -2.51. The molecule has 1 unspecified atom stereocenters. The number of hydrogen-bond acceptors (Lipinski definition) is 4. The predicted octanol–water partition coefficient (Wildman–Crippen LogP) is 0.718. The Kier molecular flexibility index (Phi) is 5.38. The summed E-state index contributed by atoms with van der Waals surface area (Å²) in [6.07, 6.45) is 0.224. The van der Waals surface area contributed by atoms with Gasteiger partial charge in [0, 0.05) is 38.1 Å². The molecular weight excluding hydrogens is 316 g/mol. The molecule has 23 heavy (non-hydrogen) atoms. The van der Waals surface area contributed by atoms with Crippen LogP contribution in [-0.2, 0) is 18.3 Å². The van der Waals surface area contributed by atoms with E-state index in [0.717, 1.165) is 11.9 Å². The van der Waals surface area contributed by atoms with Crippen LogP contribution in [0.1, 0.15) is 12.6 Å². The summed E-state index contributed by atoms with van der Waals surface area (Å²) in [7, 11) is 1.62. The monoisotopic (exact) mass is 336 g/mol. The molecule has 7 heteroatoms. The van der Waals surface area contributed by atoms with Crippen LogP contribution in [0.25, 0.3) is 10.8 Å². The van der Waals surface area contributed by atoms with Crippen molar-refractivity contribution in [1.29, 1.82) is 0 Å². The number of carbonyl (C=O) groups is 1. The number of aryl methyl sites for hydroxylation is 1. The predicted molar refractivity (Wildman–Crippen MR) is 92.0 cm³/mol. The summed E-state index contributed by atoms with van der Waals surface area (Å²) in [6.45, 7) is 4.31. The zero-order valence-electron chi connectivity index (χ0n) is 13.3. The average molecular weight is 337 g/mol. The van der Waals surface area contributed by atoms with Crippen molar-refractivity contribution < 1.29 is 4.79 Å². The van der Waals surface area contributed by atoms with Gasteiger partial charge < -0.3 is 10.2 Å². The zero-order chi connectivity index (χ0) is 15.7. The summed E-state index contributed by atoms with van der Waals surface area (Å²) in [5.41, 5.74) is 0.525. The first-order valence-electron chi connectivity index (χ1n) is 7.52. The second kappa shape index (κ2) is 7.10. The summed E-state index contributed by atoms with van der Waals surface area (Å²) in [4.78, 5) is 26.5. The number of carbonyl (C=O) groups excluding carboxylic acids is 1. The number of rotatable bonds is 2. The van der Waals surface area contributed by atoms with Crippen LogP contribution in [0, 0.1) is 0 Å². The van der Waals surface area contributed by atoms with E-state index in [2.05, 4.69) is 17.3 Å². The number of fused-ring (bicyclic) bond motifs is 1. The lowest BCUT2D eigenvalue weighted by molar-refractivity contribution is -0.131. The van der Waals surface area contributed by atoms with E-state index in [1.54, 1.807) is 13.1 Å². The topological polar surface area (TPSA) is 67.2 Å². The maximum atomic E-state index is 12.5. The molecule has 3 rings (SSSR count). The van der Waals surface area contributed by atoms with Crippen molar-refractivity contribution in [1.82, 2.24) is 20.0 Å². The van der Waals surface area contributed by atoms with Gasteiger partial charge in [-0.1, -0.05) is 18.2 Å². The van der Waals surface area contributed by atoms with E-state index in [0.29, 0.717) is 30.2 Å². The molecule has 6 nitrogen and oxygen atoms in total. The van der Waals surface area contributed by atoms with Crippen molar-refractivity contribution in [3.05, 3.63) is 40.3 Å². The molecule has 0 spiro atoms. The van der Waals surface area contributed by atoms with Crippen molar-refractivity contribution in [2.24, 2.45) is 7.05 Å². The fraction of sp³-hybridized carbons (Fsp3) is 0.438. The molecule has 1 aromatic carbocycles. The Morgan fingerprint density at radius 2 is 2.04 bits per heavy atom. The molecule has 1 fully saturated rings. The Labute approximate surface area is 140 Å². The lowest BCUT2D eigenvalue weighted by Gasteiger charge is -2.32. The molecule has 1 aliphatic rings. The summed E-state index contributed by atoms with van der Waals surface area (Å²) in [6, 6.07) is 7.63. The van der Waals surface area contributed by atoms with Gasteiger partial charge in [-0.25, -0.2) is 4.68 Å². The van der Waals surface area contributed by atoms with Gasteiger partial charge in [0.05, 0.1) is 17.5 Å². The second-order valence-corrected chi connectivity index (χ2v) is 5.79. The number of halogens is 1. The highest BCUT2D eigenvalue weighted by molar-refractivity contribution is 5.88. The SMILES string of the molecule is CC1CN(C(=O)Cc2nn(C)c(=O)c3ccccc23)CCN1.Cl. The number of piperazine rings is 1. The van der Waals surface area contributed by atoms with Crippen molar-refractivity contribution >= 4 is 29.1 Å². The van der Waals surface area contributed by atoms with E-state index in [9.17, 15) is 9.59 Å². The van der Waals surface area contributed by atoms with E-state index in [4.69, 9.17) is 0 Å². The first-order valence-corrected chi connectivity index (χ1v) is 7.52. The smallest absolute Gasteiger partial charge is 0.274 e. The molecule has 2 heterocycles. The Morgan fingerprint density at radius 1 is 1.35 bits per heavy atom. The summed E-state index contributed by atoms with van der Waals surface area (Å²) in [5.74, 6) is 0.0599. The molecule has 0 saturated carbocycles. The first-order chi connectivity index (χ1) is 10.6. The van der Waals surface area contributed by atoms with Gasteiger partial charge in [-0.2, -0.15) is 5.10 Å². The molecule has 1 atom stereocenters. The minimum atomic E-state index is -0.136. The van der Waals surface area contributed by atoms with Crippen molar-refractivity contribution in [3.63, 3.8) is 0 Å². The number of hydrogen-bond donors (Lipinski definition) is 1. The number of benzene rings is 1. The normalized spacial score (nSPS) is 17.8. The maximum Gasteiger partial charge on any atom is 0.274 e. The fourth-order valence-corrected chi connectivity index (χ4v) is 2.92. The van der Waals surface area contributed by atoms with Gasteiger partial charge in [-0.05, 0) is 13.0 Å². The molecule has 1 N–H and O–H groups in total. The van der Waals surface area contributed by atoms with Crippen molar-refractivity contribution in [3.8, 4) is 0 Å². The van der Waals surface area contributed by atoms with E-state index in [-0.39, 0.29) is 30.3 Å². The zero-order valence-corrected chi connectivity index (χ0v) is 14.1. The molecule has 124 valence electrons. The third-order valence-corrected chi connectivity index (χ3v) is 4.07. The van der Waals surface area contributed by atoms with Crippen molar-refractivity contribution in [2.75, 3.05) is 19.6 Å². The highest BCUT2D eigenvalue weighted by atomic mass is 35.5. The molecule has 2 aromatic rings. The summed E-state index contributed by atoms with van der Waals surface area (Å²) in [5, 5.41) is 8.99. The standard InChI is InChI=1S/C16H20N4O2.ClH/c1-11-10-20(8-7-17-11)15(21)9-14-12-5-3-4-6-13(12)16(22)19(2)18-14;/h3-6,11,17H,7-10H2,1-2H3;1H. The Bertz CT molecular complexity index is 774. The van der Waals surface area contributed by atoms with Crippen LogP contribution in [0.4, 0.5) is 0 Å². The van der Waals surface area contributed by atoms with Crippen LogP contribution < -0.4 is 10.9 Å². The van der Waals surface area contributed by atoms with Gasteiger partial charge in [-0.3, -0.25) is 9.59 Å². The molecule has 0 bridgehead atoms. The van der Waals surface area contributed by atoms with Crippen LogP contribution in [0.2, 0.25) is 0 Å². The van der Waals surface area contributed by atoms with Gasteiger partial charge in [0.1, 0.15) is 0 Å². The average Bonchev–Trinajstić information content (AvgIpc) is 2.52. The number of aromatic nitrogens is 2. The van der Waals surface area contributed by atoms with Crippen LogP contribution >= 0.6 is 12.4 Å². The van der Waals surface area contributed by atoms with Crippen LogP contribution in [-0.4, -0.2) is 46.3 Å².